The molecule has 194 valence electrons. The summed E-state index contributed by atoms with van der Waals surface area (Å²) in [6.07, 6.45) is 12.8. The molecule has 0 heterocycles. The van der Waals surface area contributed by atoms with E-state index >= 15 is 0 Å². The Balaban J connectivity index is 4.49. The normalized spacial score (nSPS) is 13.9. The summed E-state index contributed by atoms with van der Waals surface area (Å²) in [6, 6.07) is 5.83. The average Bonchev–Trinajstić information content (AvgIpc) is 2.79. The summed E-state index contributed by atoms with van der Waals surface area (Å²) in [5.74, 6) is 2.51. The van der Waals surface area contributed by atoms with Crippen molar-refractivity contribution in [1.29, 1.82) is 0 Å². The Labute approximate surface area is 214 Å². The summed E-state index contributed by atoms with van der Waals surface area (Å²) in [5, 5.41) is 0. The lowest BCUT2D eigenvalue weighted by atomic mass is 10.4. The van der Waals surface area contributed by atoms with E-state index < -0.39 is 17.6 Å². The van der Waals surface area contributed by atoms with Crippen LogP contribution < -0.4 is 0 Å². The Bertz CT molecular complexity index is 332. The molecule has 6 heteroatoms. The second-order valence-corrected chi connectivity index (χ2v) is 19.0. The van der Waals surface area contributed by atoms with Gasteiger partial charge in [-0.05, 0) is 25.7 Å². The Morgan fingerprint density at radius 3 is 1.16 bits per heavy atom. The van der Waals surface area contributed by atoms with Gasteiger partial charge in [-0.15, -0.1) is 0 Å². The van der Waals surface area contributed by atoms with Crippen molar-refractivity contribution >= 4 is 39.2 Å². The maximum absolute atomic E-state index is 6.46. The van der Waals surface area contributed by atoms with Gasteiger partial charge in [0.2, 0.25) is 0 Å². The molecule has 0 aliphatic carbocycles. The standard InChI is InChI=1S/C26H58O2S2Si2/c1-7-13-17-27-25(31(21-9-3)22-10-4)15-19-29-30-20-16-26(28-18-14-8-2)32(23-11-5)24-12-6/h25-26,31-32H,7-24H2,1-6H3. The van der Waals surface area contributed by atoms with Crippen molar-refractivity contribution in [2.24, 2.45) is 0 Å². The van der Waals surface area contributed by atoms with Crippen LogP contribution in [-0.4, -0.2) is 53.8 Å². The minimum Gasteiger partial charge on any atom is -0.382 e. The number of unbranched alkanes of at least 4 members (excludes halogenated alkanes) is 2. The fourth-order valence-electron chi connectivity index (χ4n) is 4.63. The molecule has 0 aliphatic heterocycles. The van der Waals surface area contributed by atoms with Crippen LogP contribution in [0.1, 0.15) is 106 Å². The van der Waals surface area contributed by atoms with E-state index in [0.29, 0.717) is 11.5 Å². The minimum atomic E-state index is -0.772. The summed E-state index contributed by atoms with van der Waals surface area (Å²) >= 11 is 0. The Morgan fingerprint density at radius 1 is 0.531 bits per heavy atom. The lowest BCUT2D eigenvalue weighted by Crippen LogP contribution is -2.34. The van der Waals surface area contributed by atoms with Crippen molar-refractivity contribution in [2.75, 3.05) is 24.7 Å². The van der Waals surface area contributed by atoms with Gasteiger partial charge >= 0.3 is 0 Å². The third-order valence-corrected chi connectivity index (χ3v) is 17.3. The molecule has 0 amide bonds. The third-order valence-electron chi connectivity index (χ3n) is 6.40. The van der Waals surface area contributed by atoms with Gasteiger partial charge in [0, 0.05) is 36.2 Å². The zero-order valence-corrected chi connectivity index (χ0v) is 26.6. The summed E-state index contributed by atoms with van der Waals surface area (Å²) in [6.45, 7) is 15.9. The molecule has 0 aromatic rings. The molecule has 0 saturated heterocycles. The highest BCUT2D eigenvalue weighted by Crippen LogP contribution is 2.28. The van der Waals surface area contributed by atoms with E-state index in [1.54, 1.807) is 0 Å². The van der Waals surface area contributed by atoms with Crippen LogP contribution in [-0.2, 0) is 9.47 Å². The van der Waals surface area contributed by atoms with Crippen molar-refractivity contribution in [2.45, 2.75) is 141 Å². The van der Waals surface area contributed by atoms with Crippen LogP contribution in [0.25, 0.3) is 0 Å². The third kappa shape index (κ3) is 17.5. The van der Waals surface area contributed by atoms with E-state index in [1.807, 2.05) is 0 Å². The monoisotopic (exact) mass is 522 g/mol. The van der Waals surface area contributed by atoms with Crippen molar-refractivity contribution in [3.8, 4) is 0 Å². The van der Waals surface area contributed by atoms with Gasteiger partial charge < -0.3 is 9.47 Å². The summed E-state index contributed by atoms with van der Waals surface area (Å²) < 4.78 is 12.9. The van der Waals surface area contributed by atoms with Gasteiger partial charge in [-0.1, -0.05) is 126 Å². The molecular weight excluding hydrogens is 465 g/mol. The van der Waals surface area contributed by atoms with Gasteiger partial charge in [0.15, 0.2) is 0 Å². The minimum absolute atomic E-state index is 0.602. The van der Waals surface area contributed by atoms with Crippen LogP contribution in [0.2, 0.25) is 24.2 Å². The Hall–Kier alpha value is 1.05. The Kier molecular flexibility index (Phi) is 26.0. The van der Waals surface area contributed by atoms with Crippen LogP contribution in [0.4, 0.5) is 0 Å². The lowest BCUT2D eigenvalue weighted by Gasteiger charge is -2.27. The van der Waals surface area contributed by atoms with Crippen LogP contribution >= 0.6 is 21.6 Å². The van der Waals surface area contributed by atoms with Gasteiger partial charge in [-0.2, -0.15) is 0 Å². The summed E-state index contributed by atoms with van der Waals surface area (Å²) in [7, 11) is 2.66. The molecule has 2 atom stereocenters. The maximum Gasteiger partial charge on any atom is 0.0717 e. The number of hydrogen-bond donors (Lipinski definition) is 0. The summed E-state index contributed by atoms with van der Waals surface area (Å²) in [4.78, 5) is 0. The molecule has 0 radical (unpaired) electrons. The van der Waals surface area contributed by atoms with E-state index in [9.17, 15) is 0 Å². The van der Waals surface area contributed by atoms with E-state index in [4.69, 9.17) is 9.47 Å². The smallest absolute Gasteiger partial charge is 0.0717 e. The predicted octanol–water partition coefficient (Wildman–Crippen LogP) is 8.69. The molecule has 0 rings (SSSR count). The Morgan fingerprint density at radius 2 is 0.875 bits per heavy atom. The molecule has 0 aliphatic rings. The lowest BCUT2D eigenvalue weighted by molar-refractivity contribution is 0.0968. The molecular formula is C26H58O2S2Si2. The molecule has 0 aromatic heterocycles. The molecule has 0 N–H and O–H groups in total. The van der Waals surface area contributed by atoms with Gasteiger partial charge in [-0.25, -0.2) is 0 Å². The highest BCUT2D eigenvalue weighted by Gasteiger charge is 2.23. The van der Waals surface area contributed by atoms with Gasteiger partial charge in [0.1, 0.15) is 0 Å². The molecule has 0 spiro atoms. The van der Waals surface area contributed by atoms with Crippen LogP contribution in [0.3, 0.4) is 0 Å². The highest BCUT2D eigenvalue weighted by molar-refractivity contribution is 8.76. The summed E-state index contributed by atoms with van der Waals surface area (Å²) in [5.41, 5.74) is 1.20. The van der Waals surface area contributed by atoms with Crippen molar-refractivity contribution in [1.82, 2.24) is 0 Å². The average molecular weight is 523 g/mol. The van der Waals surface area contributed by atoms with Gasteiger partial charge in [0.25, 0.3) is 0 Å². The number of ether oxygens (including phenoxy) is 2. The fourth-order valence-corrected chi connectivity index (χ4v) is 14.4. The van der Waals surface area contributed by atoms with Crippen LogP contribution in [0.15, 0.2) is 0 Å². The first-order valence-corrected chi connectivity index (χ1v) is 21.2. The number of hydrogen-bond acceptors (Lipinski definition) is 4. The second-order valence-electron chi connectivity index (χ2n) is 9.42. The van der Waals surface area contributed by atoms with Crippen molar-refractivity contribution in [3.63, 3.8) is 0 Å². The molecule has 0 bridgehead atoms. The quantitative estimate of drug-likeness (QED) is 0.0677. The zero-order valence-electron chi connectivity index (χ0n) is 22.7. The second kappa shape index (κ2) is 25.2. The largest absolute Gasteiger partial charge is 0.382 e. The van der Waals surface area contributed by atoms with Crippen LogP contribution in [0, 0.1) is 0 Å². The van der Waals surface area contributed by atoms with Crippen molar-refractivity contribution < 1.29 is 9.47 Å². The number of rotatable bonds is 25. The first-order chi connectivity index (χ1) is 15.7. The molecule has 2 unspecified atom stereocenters. The predicted molar refractivity (Wildman–Crippen MR) is 158 cm³/mol. The first kappa shape index (κ1) is 33.1. The van der Waals surface area contributed by atoms with E-state index in [-0.39, 0.29) is 0 Å². The SMILES string of the molecule is CCCCOC(CCSSCCC(OCCCC)[SiH](CCC)CCC)[SiH](CCC)CCC. The first-order valence-electron chi connectivity index (χ1n) is 14.2. The highest BCUT2D eigenvalue weighted by atomic mass is 33.1. The fraction of sp³-hybridized carbons (Fsp3) is 1.00. The topological polar surface area (TPSA) is 18.5 Å². The van der Waals surface area contributed by atoms with Crippen LogP contribution in [0.5, 0.6) is 0 Å². The van der Waals surface area contributed by atoms with E-state index in [2.05, 4.69) is 63.1 Å². The molecule has 0 aromatic carbocycles. The van der Waals surface area contributed by atoms with E-state index in [1.165, 1.54) is 99.9 Å². The maximum atomic E-state index is 6.46. The van der Waals surface area contributed by atoms with Crippen molar-refractivity contribution in [3.05, 3.63) is 0 Å². The zero-order chi connectivity index (χ0) is 23.9. The van der Waals surface area contributed by atoms with E-state index in [0.717, 1.165) is 13.2 Å². The molecule has 32 heavy (non-hydrogen) atoms. The molecule has 0 saturated carbocycles. The molecule has 0 fully saturated rings. The van der Waals surface area contributed by atoms with Gasteiger partial charge in [-0.3, -0.25) is 0 Å². The molecule has 2 nitrogen and oxygen atoms in total. The van der Waals surface area contributed by atoms with Gasteiger partial charge in [0.05, 0.1) is 17.6 Å².